The first kappa shape index (κ1) is 19.0. The van der Waals surface area contributed by atoms with E-state index in [1.54, 1.807) is 0 Å². The van der Waals surface area contributed by atoms with Crippen LogP contribution in [0.25, 0.3) is 0 Å². The van der Waals surface area contributed by atoms with E-state index in [0.29, 0.717) is 25.9 Å². The van der Waals surface area contributed by atoms with E-state index in [1.165, 1.54) is 28.2 Å². The highest BCUT2D eigenvalue weighted by atomic mass is 19.2. The monoisotopic (exact) mass is 386 g/mol. The second-order valence-corrected chi connectivity index (χ2v) is 7.80. The predicted molar refractivity (Wildman–Crippen MR) is 101 cm³/mol. The highest BCUT2D eigenvalue weighted by Gasteiger charge is 2.43. The van der Waals surface area contributed by atoms with Gasteiger partial charge in [0.25, 0.3) is 5.91 Å². The zero-order valence-electron chi connectivity index (χ0n) is 15.7. The van der Waals surface area contributed by atoms with Gasteiger partial charge in [0.2, 0.25) is 0 Å². The standard InChI is InChI=1S/C22H24F2N2O2/c23-19-8-3-7-18(20(19)24)14-26-11-4-10-22(28,21(26)27)15-25-12-9-16-5-1-2-6-17(16)13-25/h1-3,5-8,28H,4,9-15H2. The fourth-order valence-corrected chi connectivity index (χ4v) is 4.30. The van der Waals surface area contributed by atoms with Crippen molar-refractivity contribution < 1.29 is 18.7 Å². The number of amides is 1. The number of hydrogen-bond acceptors (Lipinski definition) is 3. The normalized spacial score (nSPS) is 23.0. The Kier molecular flexibility index (Phi) is 5.17. The van der Waals surface area contributed by atoms with E-state index in [4.69, 9.17) is 0 Å². The van der Waals surface area contributed by atoms with Crippen LogP contribution >= 0.6 is 0 Å². The number of carbonyl (C=O) groups is 1. The molecule has 2 aromatic carbocycles. The third-order valence-corrected chi connectivity index (χ3v) is 5.79. The first-order valence-electron chi connectivity index (χ1n) is 9.70. The number of nitrogens with zero attached hydrogens (tertiary/aromatic N) is 2. The molecule has 0 saturated carbocycles. The summed E-state index contributed by atoms with van der Waals surface area (Å²) in [5.41, 5.74) is 1.17. The highest BCUT2D eigenvalue weighted by molar-refractivity contribution is 5.86. The number of carbonyl (C=O) groups excluding carboxylic acids is 1. The van der Waals surface area contributed by atoms with Gasteiger partial charge in [-0.05, 0) is 36.5 Å². The van der Waals surface area contributed by atoms with Gasteiger partial charge in [-0.3, -0.25) is 9.69 Å². The first-order valence-corrected chi connectivity index (χ1v) is 9.70. The zero-order chi connectivity index (χ0) is 19.7. The largest absolute Gasteiger partial charge is 0.379 e. The van der Waals surface area contributed by atoms with Crippen molar-refractivity contribution in [3.63, 3.8) is 0 Å². The predicted octanol–water partition coefficient (Wildman–Crippen LogP) is 2.88. The van der Waals surface area contributed by atoms with Crippen LogP contribution in [0.2, 0.25) is 0 Å². The number of likely N-dealkylation sites (tertiary alicyclic amines) is 1. The molecule has 1 N–H and O–H groups in total. The second kappa shape index (κ2) is 7.60. The Morgan fingerprint density at radius 1 is 1.04 bits per heavy atom. The molecule has 0 spiro atoms. The summed E-state index contributed by atoms with van der Waals surface area (Å²) in [4.78, 5) is 16.5. The van der Waals surface area contributed by atoms with Crippen LogP contribution in [0.4, 0.5) is 8.78 Å². The van der Waals surface area contributed by atoms with E-state index in [-0.39, 0.29) is 18.7 Å². The maximum atomic E-state index is 14.0. The van der Waals surface area contributed by atoms with E-state index in [0.717, 1.165) is 19.0 Å². The van der Waals surface area contributed by atoms with Gasteiger partial charge in [-0.15, -0.1) is 0 Å². The Morgan fingerprint density at radius 2 is 1.82 bits per heavy atom. The van der Waals surface area contributed by atoms with Gasteiger partial charge < -0.3 is 10.0 Å². The van der Waals surface area contributed by atoms with Crippen LogP contribution in [0.15, 0.2) is 42.5 Å². The van der Waals surface area contributed by atoms with Gasteiger partial charge in [0, 0.05) is 38.3 Å². The molecule has 1 saturated heterocycles. The van der Waals surface area contributed by atoms with Crippen molar-refractivity contribution in [3.8, 4) is 0 Å². The number of halogens is 2. The molecule has 4 rings (SSSR count). The molecule has 148 valence electrons. The molecule has 1 unspecified atom stereocenters. The summed E-state index contributed by atoms with van der Waals surface area (Å²) >= 11 is 0. The lowest BCUT2D eigenvalue weighted by atomic mass is 9.89. The zero-order valence-corrected chi connectivity index (χ0v) is 15.7. The molecule has 0 radical (unpaired) electrons. The molecule has 2 aromatic rings. The van der Waals surface area contributed by atoms with E-state index < -0.39 is 23.1 Å². The number of β-amino-alcohol motifs (C(OH)–C–C–N with tert-alkyl or cyclic N) is 1. The lowest BCUT2D eigenvalue weighted by molar-refractivity contribution is -0.160. The molecule has 4 nitrogen and oxygen atoms in total. The Balaban J connectivity index is 1.47. The Bertz CT molecular complexity index is 889. The van der Waals surface area contributed by atoms with Gasteiger partial charge in [-0.25, -0.2) is 8.78 Å². The first-order chi connectivity index (χ1) is 13.5. The highest BCUT2D eigenvalue weighted by Crippen LogP contribution is 2.28. The number of rotatable bonds is 4. The molecule has 0 aliphatic carbocycles. The van der Waals surface area contributed by atoms with E-state index in [9.17, 15) is 18.7 Å². The van der Waals surface area contributed by atoms with Crippen molar-refractivity contribution in [2.24, 2.45) is 0 Å². The molecule has 0 bridgehead atoms. The van der Waals surface area contributed by atoms with Crippen molar-refractivity contribution in [3.05, 3.63) is 70.8 Å². The summed E-state index contributed by atoms with van der Waals surface area (Å²) in [7, 11) is 0. The van der Waals surface area contributed by atoms with Crippen LogP contribution in [-0.4, -0.2) is 46.0 Å². The van der Waals surface area contributed by atoms with Crippen molar-refractivity contribution >= 4 is 5.91 Å². The average Bonchev–Trinajstić information content (AvgIpc) is 2.69. The van der Waals surface area contributed by atoms with Crippen LogP contribution in [0.5, 0.6) is 0 Å². The molecule has 1 amide bonds. The van der Waals surface area contributed by atoms with Crippen molar-refractivity contribution in [2.75, 3.05) is 19.6 Å². The Morgan fingerprint density at radius 3 is 2.64 bits per heavy atom. The fourth-order valence-electron chi connectivity index (χ4n) is 4.30. The molecule has 6 heteroatoms. The van der Waals surface area contributed by atoms with Crippen molar-refractivity contribution in [2.45, 2.75) is 38.0 Å². The maximum absolute atomic E-state index is 14.0. The number of piperidine rings is 1. The van der Waals surface area contributed by atoms with Crippen LogP contribution in [0, 0.1) is 11.6 Å². The summed E-state index contributed by atoms with van der Waals surface area (Å²) in [5.74, 6) is -2.26. The van der Waals surface area contributed by atoms with Crippen LogP contribution < -0.4 is 0 Å². The average molecular weight is 386 g/mol. The fraction of sp³-hybridized carbons (Fsp3) is 0.409. The van der Waals surface area contributed by atoms with E-state index in [1.807, 2.05) is 12.1 Å². The van der Waals surface area contributed by atoms with Gasteiger partial charge in [-0.1, -0.05) is 36.4 Å². The number of fused-ring (bicyclic) bond motifs is 1. The van der Waals surface area contributed by atoms with E-state index >= 15 is 0 Å². The maximum Gasteiger partial charge on any atom is 0.256 e. The molecule has 0 aromatic heterocycles. The second-order valence-electron chi connectivity index (χ2n) is 7.80. The minimum Gasteiger partial charge on any atom is -0.379 e. The van der Waals surface area contributed by atoms with Crippen LogP contribution in [0.1, 0.15) is 29.5 Å². The van der Waals surface area contributed by atoms with Gasteiger partial charge >= 0.3 is 0 Å². The Hall–Kier alpha value is -2.31. The number of benzene rings is 2. The molecule has 2 heterocycles. The summed E-state index contributed by atoms with van der Waals surface area (Å²) in [6.45, 7) is 2.13. The lowest BCUT2D eigenvalue weighted by Crippen LogP contribution is -2.58. The van der Waals surface area contributed by atoms with Crippen molar-refractivity contribution in [1.29, 1.82) is 0 Å². The molecule has 2 aliphatic rings. The van der Waals surface area contributed by atoms with Crippen molar-refractivity contribution in [1.82, 2.24) is 9.80 Å². The summed E-state index contributed by atoms with van der Waals surface area (Å²) in [6.07, 6.45) is 1.90. The van der Waals surface area contributed by atoms with Gasteiger partial charge in [0.1, 0.15) is 0 Å². The van der Waals surface area contributed by atoms with Crippen LogP contribution in [-0.2, 0) is 24.3 Å². The van der Waals surface area contributed by atoms with Gasteiger partial charge in [-0.2, -0.15) is 0 Å². The SMILES string of the molecule is O=C1N(Cc2cccc(F)c2F)CCCC1(O)CN1CCc2ccccc2C1. The van der Waals surface area contributed by atoms with Crippen LogP contribution in [0.3, 0.4) is 0 Å². The van der Waals surface area contributed by atoms with E-state index in [2.05, 4.69) is 17.0 Å². The smallest absolute Gasteiger partial charge is 0.256 e. The summed E-state index contributed by atoms with van der Waals surface area (Å²) in [6, 6.07) is 12.2. The molecule has 1 fully saturated rings. The molecular formula is C22H24F2N2O2. The summed E-state index contributed by atoms with van der Waals surface area (Å²) < 4.78 is 27.5. The molecular weight excluding hydrogens is 362 g/mol. The summed E-state index contributed by atoms with van der Waals surface area (Å²) in [5, 5.41) is 11.1. The number of hydrogen-bond donors (Lipinski definition) is 1. The minimum atomic E-state index is -1.49. The third kappa shape index (κ3) is 3.66. The molecule has 2 aliphatic heterocycles. The third-order valence-electron chi connectivity index (χ3n) is 5.79. The lowest BCUT2D eigenvalue weighted by Gasteiger charge is -2.42. The quantitative estimate of drug-likeness (QED) is 0.879. The number of aliphatic hydroxyl groups is 1. The molecule has 1 atom stereocenters. The topological polar surface area (TPSA) is 43.8 Å². The Labute approximate surface area is 163 Å². The molecule has 28 heavy (non-hydrogen) atoms. The minimum absolute atomic E-state index is 0.0342. The van der Waals surface area contributed by atoms with Gasteiger partial charge in [0.05, 0.1) is 0 Å². The van der Waals surface area contributed by atoms with Gasteiger partial charge in [0.15, 0.2) is 17.2 Å².